The number of ether oxygens (including phenoxy) is 1. The number of carboxylic acid groups (broad SMARTS) is 1. The SMILES string of the molecule is N#CC(Cc1ccc(OCc2ccccc2)cc1)NC(=O)O. The predicted octanol–water partition coefficient (Wildman–Crippen LogP) is 2.97. The molecule has 2 rings (SSSR count). The van der Waals surface area contributed by atoms with Gasteiger partial charge in [0, 0.05) is 6.42 Å². The Bertz CT molecular complexity index is 648. The topological polar surface area (TPSA) is 82.3 Å². The van der Waals surface area contributed by atoms with Gasteiger partial charge in [0.25, 0.3) is 0 Å². The van der Waals surface area contributed by atoms with Crippen LogP contribution in [0.4, 0.5) is 4.79 Å². The average Bonchev–Trinajstić information content (AvgIpc) is 2.54. The lowest BCUT2D eigenvalue weighted by Gasteiger charge is -2.10. The minimum atomic E-state index is -1.20. The van der Waals surface area contributed by atoms with Crippen LogP contribution in [-0.4, -0.2) is 17.2 Å². The van der Waals surface area contributed by atoms with Crippen LogP contribution < -0.4 is 10.1 Å². The Morgan fingerprint density at radius 3 is 2.41 bits per heavy atom. The van der Waals surface area contributed by atoms with Gasteiger partial charge >= 0.3 is 6.09 Å². The highest BCUT2D eigenvalue weighted by atomic mass is 16.5. The summed E-state index contributed by atoms with van der Waals surface area (Å²) in [6, 6.07) is 18.3. The third-order valence-electron chi connectivity index (χ3n) is 3.07. The largest absolute Gasteiger partial charge is 0.489 e. The zero-order valence-corrected chi connectivity index (χ0v) is 11.9. The molecule has 2 aromatic carbocycles. The number of hydrogen-bond donors (Lipinski definition) is 2. The van der Waals surface area contributed by atoms with Crippen molar-refractivity contribution in [1.29, 1.82) is 5.26 Å². The van der Waals surface area contributed by atoms with E-state index in [0.29, 0.717) is 13.0 Å². The van der Waals surface area contributed by atoms with E-state index in [0.717, 1.165) is 16.9 Å². The minimum absolute atomic E-state index is 0.321. The van der Waals surface area contributed by atoms with Gasteiger partial charge in [-0.15, -0.1) is 0 Å². The van der Waals surface area contributed by atoms with Crippen LogP contribution >= 0.6 is 0 Å². The van der Waals surface area contributed by atoms with Crippen LogP contribution in [-0.2, 0) is 13.0 Å². The molecule has 2 aromatic rings. The Morgan fingerprint density at radius 2 is 1.82 bits per heavy atom. The number of nitrogens with one attached hydrogen (secondary N) is 1. The van der Waals surface area contributed by atoms with Crippen molar-refractivity contribution < 1.29 is 14.6 Å². The van der Waals surface area contributed by atoms with Gasteiger partial charge < -0.3 is 15.2 Å². The van der Waals surface area contributed by atoms with Gasteiger partial charge in [-0.1, -0.05) is 42.5 Å². The molecule has 5 nitrogen and oxygen atoms in total. The number of benzene rings is 2. The first-order valence-electron chi connectivity index (χ1n) is 6.82. The molecular formula is C17H16N2O3. The van der Waals surface area contributed by atoms with E-state index in [-0.39, 0.29) is 0 Å². The van der Waals surface area contributed by atoms with Crippen molar-refractivity contribution in [2.24, 2.45) is 0 Å². The van der Waals surface area contributed by atoms with Gasteiger partial charge in [0.1, 0.15) is 18.4 Å². The molecule has 0 saturated carbocycles. The fourth-order valence-corrected chi connectivity index (χ4v) is 1.98. The second-order valence-electron chi connectivity index (χ2n) is 4.75. The number of rotatable bonds is 6. The molecule has 0 aliphatic carbocycles. The molecule has 1 amide bonds. The second-order valence-corrected chi connectivity index (χ2v) is 4.75. The van der Waals surface area contributed by atoms with E-state index < -0.39 is 12.1 Å². The van der Waals surface area contributed by atoms with Crippen LogP contribution in [0.25, 0.3) is 0 Å². The molecule has 0 aromatic heterocycles. The number of carbonyl (C=O) groups is 1. The summed E-state index contributed by atoms with van der Waals surface area (Å²) in [6.45, 7) is 0.488. The molecule has 1 atom stereocenters. The molecule has 0 spiro atoms. The summed E-state index contributed by atoms with van der Waals surface area (Å²) in [6.07, 6.45) is -0.878. The quantitative estimate of drug-likeness (QED) is 0.858. The van der Waals surface area contributed by atoms with E-state index >= 15 is 0 Å². The summed E-state index contributed by atoms with van der Waals surface area (Å²) in [5, 5.41) is 19.7. The molecule has 0 heterocycles. The molecule has 0 aliphatic heterocycles. The van der Waals surface area contributed by atoms with Crippen LogP contribution in [0.1, 0.15) is 11.1 Å². The lowest BCUT2D eigenvalue weighted by atomic mass is 10.1. The fraction of sp³-hybridized carbons (Fsp3) is 0.176. The summed E-state index contributed by atoms with van der Waals surface area (Å²) in [5.74, 6) is 0.729. The molecule has 112 valence electrons. The summed E-state index contributed by atoms with van der Waals surface area (Å²) >= 11 is 0. The smallest absolute Gasteiger partial charge is 0.405 e. The van der Waals surface area contributed by atoms with E-state index in [1.54, 1.807) is 0 Å². The summed E-state index contributed by atoms with van der Waals surface area (Å²) in [5.41, 5.74) is 1.95. The molecule has 0 bridgehead atoms. The third-order valence-corrected chi connectivity index (χ3v) is 3.07. The molecule has 2 N–H and O–H groups in total. The predicted molar refractivity (Wildman–Crippen MR) is 81.5 cm³/mol. The zero-order valence-electron chi connectivity index (χ0n) is 11.9. The molecule has 22 heavy (non-hydrogen) atoms. The van der Waals surface area contributed by atoms with E-state index in [4.69, 9.17) is 15.1 Å². The zero-order chi connectivity index (χ0) is 15.8. The third kappa shape index (κ3) is 4.84. The minimum Gasteiger partial charge on any atom is -0.489 e. The monoisotopic (exact) mass is 296 g/mol. The first kappa shape index (κ1) is 15.4. The van der Waals surface area contributed by atoms with Crippen molar-refractivity contribution in [1.82, 2.24) is 5.32 Å². The van der Waals surface area contributed by atoms with Crippen LogP contribution in [0, 0.1) is 11.3 Å². The summed E-state index contributed by atoms with van der Waals surface area (Å²) < 4.78 is 5.67. The first-order chi connectivity index (χ1) is 10.7. The Hall–Kier alpha value is -3.00. The van der Waals surface area contributed by atoms with Gasteiger partial charge in [-0.05, 0) is 23.3 Å². The Labute approximate surface area is 128 Å². The van der Waals surface area contributed by atoms with E-state index in [9.17, 15) is 4.79 Å². The highest BCUT2D eigenvalue weighted by Gasteiger charge is 2.10. The van der Waals surface area contributed by atoms with Gasteiger partial charge in [-0.3, -0.25) is 0 Å². The summed E-state index contributed by atoms with van der Waals surface area (Å²) in [4.78, 5) is 10.6. The highest BCUT2D eigenvalue weighted by molar-refractivity contribution is 5.65. The van der Waals surface area contributed by atoms with E-state index in [1.807, 2.05) is 60.7 Å². The van der Waals surface area contributed by atoms with E-state index in [2.05, 4.69) is 5.32 Å². The Balaban J connectivity index is 1.90. The van der Waals surface area contributed by atoms with Gasteiger partial charge in [0.2, 0.25) is 0 Å². The number of amides is 1. The van der Waals surface area contributed by atoms with Gasteiger partial charge in [0.05, 0.1) is 6.07 Å². The molecule has 1 unspecified atom stereocenters. The molecule has 5 heteroatoms. The molecule has 0 fully saturated rings. The van der Waals surface area contributed by atoms with Gasteiger partial charge in [0.15, 0.2) is 0 Å². The second kappa shape index (κ2) is 7.70. The highest BCUT2D eigenvalue weighted by Crippen LogP contribution is 2.15. The number of nitrogens with zero attached hydrogens (tertiary/aromatic N) is 1. The average molecular weight is 296 g/mol. The van der Waals surface area contributed by atoms with Crippen molar-refractivity contribution in [3.05, 3.63) is 65.7 Å². The molecule has 0 radical (unpaired) electrons. The first-order valence-corrected chi connectivity index (χ1v) is 6.82. The van der Waals surface area contributed by atoms with Crippen molar-refractivity contribution >= 4 is 6.09 Å². The maximum Gasteiger partial charge on any atom is 0.405 e. The lowest BCUT2D eigenvalue weighted by Crippen LogP contribution is -2.33. The van der Waals surface area contributed by atoms with Crippen molar-refractivity contribution in [2.45, 2.75) is 19.1 Å². The van der Waals surface area contributed by atoms with Gasteiger partial charge in [-0.25, -0.2) is 4.79 Å². The number of nitriles is 1. The van der Waals surface area contributed by atoms with Gasteiger partial charge in [-0.2, -0.15) is 5.26 Å². The molecule has 0 aliphatic rings. The maximum atomic E-state index is 10.6. The van der Waals surface area contributed by atoms with Crippen LogP contribution in [0.3, 0.4) is 0 Å². The van der Waals surface area contributed by atoms with Crippen molar-refractivity contribution in [2.75, 3.05) is 0 Å². The Morgan fingerprint density at radius 1 is 1.14 bits per heavy atom. The standard InChI is InChI=1S/C17H16N2O3/c18-11-15(19-17(20)21)10-13-6-8-16(9-7-13)22-12-14-4-2-1-3-5-14/h1-9,15,19H,10,12H2,(H,20,21). The van der Waals surface area contributed by atoms with Crippen LogP contribution in [0.2, 0.25) is 0 Å². The van der Waals surface area contributed by atoms with E-state index in [1.165, 1.54) is 0 Å². The van der Waals surface area contributed by atoms with Crippen molar-refractivity contribution in [3.8, 4) is 11.8 Å². The summed E-state index contributed by atoms with van der Waals surface area (Å²) in [7, 11) is 0. The number of hydrogen-bond acceptors (Lipinski definition) is 3. The van der Waals surface area contributed by atoms with Crippen LogP contribution in [0.15, 0.2) is 54.6 Å². The fourth-order valence-electron chi connectivity index (χ4n) is 1.98. The Kier molecular flexibility index (Phi) is 5.38. The molecule has 0 saturated heterocycles. The van der Waals surface area contributed by atoms with Crippen LogP contribution in [0.5, 0.6) is 5.75 Å². The lowest BCUT2D eigenvalue weighted by molar-refractivity contribution is 0.192. The molecular weight excluding hydrogens is 280 g/mol. The normalized spacial score (nSPS) is 11.2. The van der Waals surface area contributed by atoms with Crippen molar-refractivity contribution in [3.63, 3.8) is 0 Å². The maximum absolute atomic E-state index is 10.6.